The van der Waals surface area contributed by atoms with Crippen molar-refractivity contribution in [1.82, 2.24) is 4.57 Å². The highest BCUT2D eigenvalue weighted by Crippen LogP contribution is 2.39. The smallest absolute Gasteiger partial charge is 0.295 e. The summed E-state index contributed by atoms with van der Waals surface area (Å²) in [5, 5.41) is 28.0. The predicted molar refractivity (Wildman–Crippen MR) is 86.5 cm³/mol. The number of hydrogen-bond acceptors (Lipinski definition) is 4. The molecule has 3 rings (SSSR count). The molecule has 0 spiro atoms. The van der Waals surface area contributed by atoms with Gasteiger partial charge in [-0.3, -0.25) is 14.2 Å². The average molecular weight is 323 g/mol. The molecule has 7 nitrogen and oxygen atoms in total. The Morgan fingerprint density at radius 2 is 1.58 bits per heavy atom. The third kappa shape index (κ3) is 2.63. The van der Waals surface area contributed by atoms with Crippen molar-refractivity contribution in [3.8, 4) is 17.4 Å². The Labute approximate surface area is 136 Å². The number of benzene rings is 2. The fourth-order valence-corrected chi connectivity index (χ4v) is 2.39. The second-order valence-electron chi connectivity index (χ2n) is 5.10. The van der Waals surface area contributed by atoms with Crippen LogP contribution >= 0.6 is 0 Å². The summed E-state index contributed by atoms with van der Waals surface area (Å²) in [6, 6.07) is 13.2. The summed E-state index contributed by atoms with van der Waals surface area (Å²) >= 11 is 0. The minimum absolute atomic E-state index is 0.141. The summed E-state index contributed by atoms with van der Waals surface area (Å²) in [6.07, 6.45) is 0. The molecule has 0 aliphatic rings. The molecule has 1 heterocycles. The lowest BCUT2D eigenvalue weighted by molar-refractivity contribution is -0.116. The first kappa shape index (κ1) is 15.4. The quantitative estimate of drug-likeness (QED) is 0.707. The Balaban J connectivity index is 2.13. The van der Waals surface area contributed by atoms with E-state index in [9.17, 15) is 19.8 Å². The number of nitrogens with zero attached hydrogens (tertiary/aromatic N) is 3. The molecule has 2 aromatic carbocycles. The maximum atomic E-state index is 11.9. The highest BCUT2D eigenvalue weighted by atomic mass is 16.3. The van der Waals surface area contributed by atoms with Crippen LogP contribution in [0, 0.1) is 0 Å². The van der Waals surface area contributed by atoms with Crippen LogP contribution in [0.1, 0.15) is 17.3 Å². The van der Waals surface area contributed by atoms with Gasteiger partial charge in [0.1, 0.15) is 0 Å². The number of carbonyl (C=O) groups excluding carboxylic acids is 2. The van der Waals surface area contributed by atoms with Gasteiger partial charge in [-0.15, -0.1) is 10.2 Å². The van der Waals surface area contributed by atoms with E-state index in [1.54, 1.807) is 24.3 Å². The van der Waals surface area contributed by atoms with E-state index in [2.05, 4.69) is 10.2 Å². The van der Waals surface area contributed by atoms with E-state index < -0.39 is 11.8 Å². The molecule has 0 atom stereocenters. The first-order valence-electron chi connectivity index (χ1n) is 7.07. The van der Waals surface area contributed by atoms with Crippen molar-refractivity contribution in [2.24, 2.45) is 10.2 Å². The van der Waals surface area contributed by atoms with E-state index in [1.165, 1.54) is 29.7 Å². The molecule has 0 fully saturated rings. The Bertz CT molecular complexity index is 974. The Kier molecular flexibility index (Phi) is 3.83. The number of carbonyl (C=O) groups is 2. The standard InChI is InChI=1S/C17H13N3O4/c1-10(21)18-19-15(22)11-7-8-13-14(9-11)17(24)20(16(13)23)12-5-3-2-4-6-12/h2-9,23-24H,1H3. The fraction of sp³-hybridized carbons (Fsp3) is 0.0588. The molecular weight excluding hydrogens is 310 g/mol. The first-order valence-corrected chi connectivity index (χ1v) is 7.07. The molecule has 24 heavy (non-hydrogen) atoms. The number of hydrogen-bond donors (Lipinski definition) is 2. The molecule has 0 aliphatic carbocycles. The number of aromatic nitrogens is 1. The molecule has 3 aromatic rings. The van der Waals surface area contributed by atoms with Gasteiger partial charge in [-0.1, -0.05) is 18.2 Å². The van der Waals surface area contributed by atoms with Crippen LogP contribution < -0.4 is 0 Å². The molecule has 0 bridgehead atoms. The van der Waals surface area contributed by atoms with E-state index in [0.29, 0.717) is 16.5 Å². The molecule has 2 amide bonds. The van der Waals surface area contributed by atoms with Crippen molar-refractivity contribution < 1.29 is 19.8 Å². The molecule has 0 unspecified atom stereocenters. The summed E-state index contributed by atoms with van der Waals surface area (Å²) in [5.41, 5.74) is 0.723. The van der Waals surface area contributed by atoms with Gasteiger partial charge in [0.15, 0.2) is 0 Å². The molecule has 0 radical (unpaired) electrons. The van der Waals surface area contributed by atoms with Crippen LogP contribution in [0.2, 0.25) is 0 Å². The summed E-state index contributed by atoms with van der Waals surface area (Å²) in [5.74, 6) is -1.64. The Hall–Kier alpha value is -3.48. The highest BCUT2D eigenvalue weighted by Gasteiger charge is 2.18. The molecule has 2 N–H and O–H groups in total. The highest BCUT2D eigenvalue weighted by molar-refractivity contribution is 6.02. The molecule has 0 saturated heterocycles. The zero-order chi connectivity index (χ0) is 17.3. The lowest BCUT2D eigenvalue weighted by atomic mass is 10.1. The maximum Gasteiger partial charge on any atom is 0.295 e. The largest absolute Gasteiger partial charge is 0.494 e. The molecular formula is C17H13N3O4. The van der Waals surface area contributed by atoms with Gasteiger partial charge < -0.3 is 10.2 Å². The molecule has 0 saturated carbocycles. The summed E-state index contributed by atoms with van der Waals surface area (Å²) in [4.78, 5) is 22.7. The SMILES string of the molecule is CC(=O)N=NC(=O)c1ccc2c(O)n(-c3ccccc3)c(O)c2c1. The van der Waals surface area contributed by atoms with Gasteiger partial charge in [-0.2, -0.15) is 0 Å². The van der Waals surface area contributed by atoms with E-state index in [1.807, 2.05) is 6.07 Å². The first-order chi connectivity index (χ1) is 11.5. The van der Waals surface area contributed by atoms with Crippen LogP contribution in [0.25, 0.3) is 16.5 Å². The molecule has 1 aromatic heterocycles. The minimum atomic E-state index is -0.710. The van der Waals surface area contributed by atoms with Crippen LogP contribution in [0.4, 0.5) is 0 Å². The fourth-order valence-electron chi connectivity index (χ4n) is 2.39. The van der Waals surface area contributed by atoms with Gasteiger partial charge in [0.2, 0.25) is 11.8 Å². The van der Waals surface area contributed by atoms with Crippen molar-refractivity contribution in [3.05, 3.63) is 54.1 Å². The average Bonchev–Trinajstić information content (AvgIpc) is 2.84. The normalized spacial score (nSPS) is 11.2. The summed E-state index contributed by atoms with van der Waals surface area (Å²) in [6.45, 7) is 1.18. The second-order valence-corrected chi connectivity index (χ2v) is 5.10. The van der Waals surface area contributed by atoms with Crippen LogP contribution in [-0.2, 0) is 4.79 Å². The number of aromatic hydroxyl groups is 2. The zero-order valence-electron chi connectivity index (χ0n) is 12.7. The van der Waals surface area contributed by atoms with Crippen molar-refractivity contribution in [2.75, 3.05) is 0 Å². The van der Waals surface area contributed by atoms with Crippen molar-refractivity contribution >= 4 is 22.6 Å². The van der Waals surface area contributed by atoms with Crippen molar-refractivity contribution in [2.45, 2.75) is 6.92 Å². The lowest BCUT2D eigenvalue weighted by Crippen LogP contribution is -1.94. The van der Waals surface area contributed by atoms with Gasteiger partial charge in [-0.05, 0) is 30.3 Å². The summed E-state index contributed by atoms with van der Waals surface area (Å²) < 4.78 is 1.27. The van der Waals surface area contributed by atoms with Gasteiger partial charge >= 0.3 is 0 Å². The molecule has 120 valence electrons. The van der Waals surface area contributed by atoms with E-state index in [0.717, 1.165) is 0 Å². The molecule has 7 heteroatoms. The van der Waals surface area contributed by atoms with Crippen LogP contribution in [-0.4, -0.2) is 26.6 Å². The number of para-hydroxylation sites is 1. The van der Waals surface area contributed by atoms with Gasteiger partial charge in [0, 0.05) is 23.3 Å². The predicted octanol–water partition coefficient (Wildman–Crippen LogP) is 3.18. The third-order valence-corrected chi connectivity index (χ3v) is 3.47. The van der Waals surface area contributed by atoms with Gasteiger partial charge in [0.05, 0.1) is 5.69 Å². The molecule has 0 aliphatic heterocycles. The Morgan fingerprint density at radius 3 is 2.25 bits per heavy atom. The van der Waals surface area contributed by atoms with Crippen molar-refractivity contribution in [3.63, 3.8) is 0 Å². The Morgan fingerprint density at radius 1 is 0.917 bits per heavy atom. The van der Waals surface area contributed by atoms with Crippen LogP contribution in [0.15, 0.2) is 58.8 Å². The third-order valence-electron chi connectivity index (χ3n) is 3.47. The van der Waals surface area contributed by atoms with Crippen molar-refractivity contribution in [1.29, 1.82) is 0 Å². The van der Waals surface area contributed by atoms with E-state index in [-0.39, 0.29) is 17.3 Å². The number of fused-ring (bicyclic) bond motifs is 1. The monoisotopic (exact) mass is 323 g/mol. The van der Waals surface area contributed by atoms with Gasteiger partial charge in [-0.25, -0.2) is 0 Å². The zero-order valence-corrected chi connectivity index (χ0v) is 12.7. The lowest BCUT2D eigenvalue weighted by Gasteiger charge is -2.05. The van der Waals surface area contributed by atoms with E-state index in [4.69, 9.17) is 0 Å². The number of rotatable bonds is 2. The number of amides is 2. The second kappa shape index (κ2) is 5.96. The maximum absolute atomic E-state index is 11.9. The van der Waals surface area contributed by atoms with E-state index >= 15 is 0 Å². The van der Waals surface area contributed by atoms with Gasteiger partial charge in [0.25, 0.3) is 11.8 Å². The topological polar surface area (TPSA) is 104 Å². The summed E-state index contributed by atoms with van der Waals surface area (Å²) in [7, 11) is 0. The van der Waals surface area contributed by atoms with Crippen LogP contribution in [0.3, 0.4) is 0 Å². The minimum Gasteiger partial charge on any atom is -0.494 e. The number of azo groups is 1. The van der Waals surface area contributed by atoms with Crippen LogP contribution in [0.5, 0.6) is 11.8 Å².